The maximum Gasteiger partial charge on any atom is 0.256 e. The Bertz CT molecular complexity index is 882. The number of hydrogen-bond acceptors (Lipinski definition) is 2. The first-order valence-electron chi connectivity index (χ1n) is 7.98. The van der Waals surface area contributed by atoms with Gasteiger partial charge in [0.15, 0.2) is 0 Å². The minimum absolute atomic E-state index is 0.00482. The van der Waals surface area contributed by atoms with Gasteiger partial charge in [-0.15, -0.1) is 0 Å². The van der Waals surface area contributed by atoms with Gasteiger partial charge in [0, 0.05) is 36.8 Å². The number of carbonyl (C=O) groups excluding carboxylic acids is 1. The highest BCUT2D eigenvalue weighted by atomic mass is 16.5. The van der Waals surface area contributed by atoms with E-state index in [4.69, 9.17) is 4.74 Å². The highest BCUT2D eigenvalue weighted by Crippen LogP contribution is 2.30. The van der Waals surface area contributed by atoms with Gasteiger partial charge in [-0.1, -0.05) is 36.4 Å². The Morgan fingerprint density at radius 1 is 1.12 bits per heavy atom. The van der Waals surface area contributed by atoms with Crippen molar-refractivity contribution in [3.8, 4) is 5.75 Å². The second kappa shape index (κ2) is 6.40. The lowest BCUT2D eigenvalue weighted by Crippen LogP contribution is -2.29. The van der Waals surface area contributed by atoms with Crippen LogP contribution < -0.4 is 4.74 Å². The van der Waals surface area contributed by atoms with Gasteiger partial charge in [0.1, 0.15) is 5.75 Å². The van der Waals surface area contributed by atoms with Gasteiger partial charge in [0.25, 0.3) is 5.91 Å². The number of ether oxygens (including phenoxy) is 1. The van der Waals surface area contributed by atoms with E-state index in [1.165, 1.54) is 0 Å². The molecule has 1 aromatic heterocycles. The normalized spacial score (nSPS) is 12.2. The molecule has 2 aromatic carbocycles. The Kier molecular flexibility index (Phi) is 4.30. The molecule has 3 rings (SSSR count). The number of aromatic nitrogens is 1. The first-order valence-corrected chi connectivity index (χ1v) is 7.98. The van der Waals surface area contributed by atoms with E-state index in [1.54, 1.807) is 12.0 Å². The fourth-order valence-corrected chi connectivity index (χ4v) is 3.10. The summed E-state index contributed by atoms with van der Waals surface area (Å²) in [5.41, 5.74) is 2.77. The number of fused-ring (bicyclic) bond motifs is 1. The van der Waals surface area contributed by atoms with E-state index in [1.807, 2.05) is 80.3 Å². The van der Waals surface area contributed by atoms with Crippen molar-refractivity contribution < 1.29 is 9.53 Å². The average molecular weight is 322 g/mol. The zero-order valence-corrected chi connectivity index (χ0v) is 14.5. The number of carbonyl (C=O) groups is 1. The first kappa shape index (κ1) is 16.1. The maximum atomic E-state index is 13.1. The minimum Gasteiger partial charge on any atom is -0.496 e. The van der Waals surface area contributed by atoms with Crippen molar-refractivity contribution in [2.75, 3.05) is 14.2 Å². The summed E-state index contributed by atoms with van der Waals surface area (Å²) in [6.45, 7) is 2.01. The van der Waals surface area contributed by atoms with Crippen LogP contribution in [0.5, 0.6) is 5.75 Å². The summed E-state index contributed by atoms with van der Waals surface area (Å²) >= 11 is 0. The highest BCUT2D eigenvalue weighted by Gasteiger charge is 2.23. The Hall–Kier alpha value is -2.75. The van der Waals surface area contributed by atoms with Crippen LogP contribution in [-0.4, -0.2) is 29.5 Å². The molecule has 0 saturated heterocycles. The van der Waals surface area contributed by atoms with E-state index in [-0.39, 0.29) is 11.9 Å². The van der Waals surface area contributed by atoms with Crippen LogP contribution in [0.1, 0.15) is 28.9 Å². The maximum absolute atomic E-state index is 13.1. The molecule has 4 heteroatoms. The van der Waals surface area contributed by atoms with Crippen molar-refractivity contribution in [1.82, 2.24) is 9.47 Å². The number of amides is 1. The molecule has 24 heavy (non-hydrogen) atoms. The highest BCUT2D eigenvalue weighted by molar-refractivity contribution is 6.07. The Morgan fingerprint density at radius 3 is 2.54 bits per heavy atom. The third-order valence-corrected chi connectivity index (χ3v) is 4.62. The fourth-order valence-electron chi connectivity index (χ4n) is 3.10. The molecule has 0 spiro atoms. The van der Waals surface area contributed by atoms with Crippen LogP contribution in [0, 0.1) is 0 Å². The van der Waals surface area contributed by atoms with Crippen molar-refractivity contribution >= 4 is 16.8 Å². The molecule has 0 aliphatic heterocycles. The molecule has 1 unspecified atom stereocenters. The molecule has 1 heterocycles. The number of nitrogens with zero attached hydrogens (tertiary/aromatic N) is 2. The van der Waals surface area contributed by atoms with E-state index in [0.717, 1.165) is 27.8 Å². The van der Waals surface area contributed by atoms with Crippen molar-refractivity contribution in [3.63, 3.8) is 0 Å². The SMILES string of the molecule is COc1ccccc1C(C)N(C)C(=O)c1cn(C)c2ccccc12. The molecule has 0 bridgehead atoms. The largest absolute Gasteiger partial charge is 0.496 e. The van der Waals surface area contributed by atoms with Gasteiger partial charge < -0.3 is 14.2 Å². The third-order valence-electron chi connectivity index (χ3n) is 4.62. The van der Waals surface area contributed by atoms with Crippen molar-refractivity contribution in [1.29, 1.82) is 0 Å². The van der Waals surface area contributed by atoms with Crippen molar-refractivity contribution in [2.24, 2.45) is 7.05 Å². The molecule has 0 saturated carbocycles. The van der Waals surface area contributed by atoms with E-state index in [0.29, 0.717) is 0 Å². The van der Waals surface area contributed by atoms with Crippen molar-refractivity contribution in [2.45, 2.75) is 13.0 Å². The Balaban J connectivity index is 1.97. The number of methoxy groups -OCH3 is 1. The van der Waals surface area contributed by atoms with Gasteiger partial charge in [-0.25, -0.2) is 0 Å². The van der Waals surface area contributed by atoms with Crippen LogP contribution in [0.4, 0.5) is 0 Å². The summed E-state index contributed by atoms with van der Waals surface area (Å²) in [5, 5.41) is 0.976. The van der Waals surface area contributed by atoms with Crippen LogP contribution in [0.15, 0.2) is 54.7 Å². The van der Waals surface area contributed by atoms with E-state index in [2.05, 4.69) is 0 Å². The second-order valence-electron chi connectivity index (χ2n) is 6.00. The van der Waals surface area contributed by atoms with Gasteiger partial charge in [0.05, 0.1) is 18.7 Å². The predicted molar refractivity (Wildman–Crippen MR) is 96.4 cm³/mol. The summed E-state index contributed by atoms with van der Waals surface area (Å²) in [5.74, 6) is 0.799. The van der Waals surface area contributed by atoms with Gasteiger partial charge in [-0.05, 0) is 19.1 Å². The molecule has 124 valence electrons. The molecule has 3 aromatic rings. The lowest BCUT2D eigenvalue weighted by Gasteiger charge is -2.26. The van der Waals surface area contributed by atoms with E-state index >= 15 is 0 Å². The number of rotatable bonds is 4. The smallest absolute Gasteiger partial charge is 0.256 e. The molecular formula is C20H22N2O2. The number of aryl methyl sites for hydroxylation is 1. The zero-order valence-electron chi connectivity index (χ0n) is 14.5. The monoisotopic (exact) mass is 322 g/mol. The molecule has 0 radical (unpaired) electrons. The summed E-state index contributed by atoms with van der Waals surface area (Å²) in [7, 11) is 5.45. The molecule has 1 atom stereocenters. The van der Waals surface area contributed by atoms with Gasteiger partial charge >= 0.3 is 0 Å². The lowest BCUT2D eigenvalue weighted by atomic mass is 10.0. The molecule has 4 nitrogen and oxygen atoms in total. The fraction of sp³-hybridized carbons (Fsp3) is 0.250. The van der Waals surface area contributed by atoms with Crippen LogP contribution in [0.3, 0.4) is 0 Å². The van der Waals surface area contributed by atoms with E-state index in [9.17, 15) is 4.79 Å². The summed E-state index contributed by atoms with van der Waals surface area (Å²) in [4.78, 5) is 14.8. The first-order chi connectivity index (χ1) is 11.5. The number of para-hydroxylation sites is 2. The molecule has 0 aliphatic rings. The molecule has 0 fully saturated rings. The van der Waals surface area contributed by atoms with Gasteiger partial charge in [0.2, 0.25) is 0 Å². The molecule has 1 amide bonds. The topological polar surface area (TPSA) is 34.5 Å². The third kappa shape index (κ3) is 2.64. The van der Waals surface area contributed by atoms with E-state index < -0.39 is 0 Å². The van der Waals surface area contributed by atoms with Gasteiger partial charge in [-0.3, -0.25) is 4.79 Å². The van der Waals surface area contributed by atoms with Gasteiger partial charge in [-0.2, -0.15) is 0 Å². The summed E-state index contributed by atoms with van der Waals surface area (Å²) in [6, 6.07) is 15.7. The molecular weight excluding hydrogens is 300 g/mol. The predicted octanol–water partition coefficient (Wildman–Crippen LogP) is 4.02. The minimum atomic E-state index is -0.0902. The molecule has 0 N–H and O–H groups in total. The summed E-state index contributed by atoms with van der Waals surface area (Å²) in [6.07, 6.45) is 1.90. The van der Waals surface area contributed by atoms with Crippen LogP contribution in [0.2, 0.25) is 0 Å². The molecule has 0 aliphatic carbocycles. The number of hydrogen-bond donors (Lipinski definition) is 0. The average Bonchev–Trinajstić information content (AvgIpc) is 2.97. The van der Waals surface area contributed by atoms with Crippen LogP contribution >= 0.6 is 0 Å². The lowest BCUT2D eigenvalue weighted by molar-refractivity contribution is 0.0743. The second-order valence-corrected chi connectivity index (χ2v) is 6.00. The Labute approximate surface area is 142 Å². The standard InChI is InChI=1S/C20H22N2O2/c1-14(15-9-6-8-12-19(15)24-4)22(3)20(23)17-13-21(2)18-11-7-5-10-16(17)18/h5-14H,1-4H3. The van der Waals surface area contributed by atoms with Crippen LogP contribution in [-0.2, 0) is 7.05 Å². The van der Waals surface area contributed by atoms with Crippen LogP contribution in [0.25, 0.3) is 10.9 Å². The van der Waals surface area contributed by atoms with Crippen molar-refractivity contribution in [3.05, 3.63) is 65.9 Å². The Morgan fingerprint density at radius 2 is 1.79 bits per heavy atom. The number of benzene rings is 2. The quantitative estimate of drug-likeness (QED) is 0.727. The summed E-state index contributed by atoms with van der Waals surface area (Å²) < 4.78 is 7.42. The zero-order chi connectivity index (χ0) is 17.3.